The van der Waals surface area contributed by atoms with E-state index in [0.29, 0.717) is 44.4 Å². The van der Waals surface area contributed by atoms with Gasteiger partial charge in [0.1, 0.15) is 6.04 Å². The Morgan fingerprint density at radius 2 is 1.96 bits per heavy atom. The largest absolute Gasteiger partial charge is 0.425 e. The Balaban J connectivity index is 1.56. The van der Waals surface area contributed by atoms with Crippen LogP contribution in [0.2, 0.25) is 0 Å². The molecular formula is C20H27N5O3. The van der Waals surface area contributed by atoms with Crippen molar-refractivity contribution in [1.29, 1.82) is 0 Å². The predicted octanol–water partition coefficient (Wildman–Crippen LogP) is 1.32. The number of carbonyl (C=O) groups is 2. The van der Waals surface area contributed by atoms with Gasteiger partial charge >= 0.3 is 0 Å². The second-order valence-electron chi connectivity index (χ2n) is 7.40. The Labute approximate surface area is 164 Å². The summed E-state index contributed by atoms with van der Waals surface area (Å²) in [4.78, 5) is 28.3. The van der Waals surface area contributed by atoms with E-state index in [1.807, 2.05) is 49.1 Å². The van der Waals surface area contributed by atoms with E-state index in [-0.39, 0.29) is 18.2 Å². The number of piperazine rings is 1. The third-order valence-corrected chi connectivity index (χ3v) is 4.93. The highest BCUT2D eigenvalue weighted by Gasteiger charge is 2.33. The molecule has 0 aliphatic carbocycles. The average Bonchev–Trinajstić information content (AvgIpc) is 3.16. The molecule has 0 unspecified atom stereocenters. The molecule has 28 heavy (non-hydrogen) atoms. The number of aryl methyl sites for hydroxylation is 1. The van der Waals surface area contributed by atoms with Gasteiger partial charge in [-0.25, -0.2) is 0 Å². The van der Waals surface area contributed by atoms with E-state index in [1.165, 1.54) is 0 Å². The predicted molar refractivity (Wildman–Crippen MR) is 103 cm³/mol. The number of benzene rings is 1. The lowest BCUT2D eigenvalue weighted by Crippen LogP contribution is -2.58. The van der Waals surface area contributed by atoms with Crippen molar-refractivity contribution >= 4 is 11.8 Å². The molecule has 1 aliphatic rings. The van der Waals surface area contributed by atoms with Crippen LogP contribution in [0, 0.1) is 0 Å². The number of hydrogen-bond acceptors (Lipinski definition) is 6. The third kappa shape index (κ3) is 4.95. The van der Waals surface area contributed by atoms with Crippen molar-refractivity contribution in [3.8, 4) is 0 Å². The number of rotatable bonds is 7. The summed E-state index contributed by atoms with van der Waals surface area (Å²) in [5, 5.41) is 7.97. The van der Waals surface area contributed by atoms with Crippen LogP contribution in [0.4, 0.5) is 0 Å². The Morgan fingerprint density at radius 3 is 2.61 bits per heavy atom. The first-order chi connectivity index (χ1) is 13.4. The Kier molecular flexibility index (Phi) is 6.41. The van der Waals surface area contributed by atoms with E-state index < -0.39 is 11.9 Å². The summed E-state index contributed by atoms with van der Waals surface area (Å²) in [6.45, 7) is 6.06. The number of aromatic nitrogens is 2. The summed E-state index contributed by atoms with van der Waals surface area (Å²) in [7, 11) is 0. The molecule has 0 radical (unpaired) electrons. The molecule has 1 saturated heterocycles. The first kappa shape index (κ1) is 20.0. The summed E-state index contributed by atoms with van der Waals surface area (Å²) >= 11 is 0. The first-order valence-electron chi connectivity index (χ1n) is 9.61. The molecule has 2 heterocycles. The lowest BCUT2D eigenvalue weighted by Gasteiger charge is -2.40. The summed E-state index contributed by atoms with van der Waals surface area (Å²) in [5.74, 6) is 0.754. The summed E-state index contributed by atoms with van der Waals surface area (Å²) in [6, 6.07) is 9.44. The molecule has 1 fully saturated rings. The molecule has 1 atom stereocenters. The average molecular weight is 385 g/mol. The Bertz CT molecular complexity index is 805. The molecule has 2 amide bonds. The maximum Gasteiger partial charge on any atom is 0.236 e. The zero-order valence-electron chi connectivity index (χ0n) is 16.4. The van der Waals surface area contributed by atoms with Crippen molar-refractivity contribution in [1.82, 2.24) is 20.0 Å². The SMILES string of the molecule is CC(C)c1nnc(CCC(=O)N2CCN(Cc3ccccc3)[C@@H](C(N)=O)C2)o1. The second-order valence-corrected chi connectivity index (χ2v) is 7.40. The number of carbonyl (C=O) groups excluding carboxylic acids is 2. The van der Waals surface area contributed by atoms with Gasteiger partial charge in [0, 0.05) is 44.9 Å². The zero-order valence-corrected chi connectivity index (χ0v) is 16.4. The first-order valence-corrected chi connectivity index (χ1v) is 9.61. The van der Waals surface area contributed by atoms with Crippen LogP contribution in [-0.4, -0.2) is 57.5 Å². The fraction of sp³-hybridized carbons (Fsp3) is 0.500. The number of primary amides is 1. The van der Waals surface area contributed by atoms with Gasteiger partial charge in [-0.15, -0.1) is 10.2 Å². The van der Waals surface area contributed by atoms with E-state index >= 15 is 0 Å². The van der Waals surface area contributed by atoms with Crippen LogP contribution in [0.25, 0.3) is 0 Å². The maximum absolute atomic E-state index is 12.6. The fourth-order valence-corrected chi connectivity index (χ4v) is 3.30. The topological polar surface area (TPSA) is 106 Å². The van der Waals surface area contributed by atoms with Gasteiger partial charge in [0.05, 0.1) is 0 Å². The van der Waals surface area contributed by atoms with Gasteiger partial charge < -0.3 is 15.1 Å². The highest BCUT2D eigenvalue weighted by atomic mass is 16.4. The van der Waals surface area contributed by atoms with E-state index in [9.17, 15) is 9.59 Å². The van der Waals surface area contributed by atoms with Crippen molar-refractivity contribution in [3.63, 3.8) is 0 Å². The van der Waals surface area contributed by atoms with Gasteiger partial charge in [-0.2, -0.15) is 0 Å². The lowest BCUT2D eigenvalue weighted by molar-refractivity contribution is -0.137. The van der Waals surface area contributed by atoms with Crippen LogP contribution in [0.5, 0.6) is 0 Å². The van der Waals surface area contributed by atoms with Crippen LogP contribution in [0.1, 0.15) is 43.5 Å². The maximum atomic E-state index is 12.6. The molecule has 0 bridgehead atoms. The van der Waals surface area contributed by atoms with Crippen LogP contribution in [-0.2, 0) is 22.6 Å². The molecule has 3 rings (SSSR count). The number of hydrogen-bond donors (Lipinski definition) is 1. The minimum Gasteiger partial charge on any atom is -0.425 e. The summed E-state index contributed by atoms with van der Waals surface area (Å²) < 4.78 is 5.55. The van der Waals surface area contributed by atoms with Gasteiger partial charge in [0.25, 0.3) is 0 Å². The minimum absolute atomic E-state index is 0.0325. The highest BCUT2D eigenvalue weighted by Crippen LogP contribution is 2.17. The summed E-state index contributed by atoms with van der Waals surface area (Å²) in [6.07, 6.45) is 0.661. The molecule has 1 aromatic heterocycles. The number of amides is 2. The highest BCUT2D eigenvalue weighted by molar-refractivity contribution is 5.82. The van der Waals surface area contributed by atoms with Gasteiger partial charge in [-0.3, -0.25) is 14.5 Å². The normalized spacial score (nSPS) is 17.8. The Morgan fingerprint density at radius 1 is 1.21 bits per heavy atom. The monoisotopic (exact) mass is 385 g/mol. The van der Waals surface area contributed by atoms with Crippen molar-refractivity contribution in [2.45, 2.75) is 45.2 Å². The van der Waals surface area contributed by atoms with E-state index in [1.54, 1.807) is 4.90 Å². The summed E-state index contributed by atoms with van der Waals surface area (Å²) in [5.41, 5.74) is 6.73. The number of nitrogens with zero attached hydrogens (tertiary/aromatic N) is 4. The Hall–Kier alpha value is -2.74. The minimum atomic E-state index is -0.492. The molecule has 8 heteroatoms. The molecule has 2 aromatic rings. The van der Waals surface area contributed by atoms with Crippen molar-refractivity contribution in [2.75, 3.05) is 19.6 Å². The molecule has 1 aliphatic heterocycles. The standard InChI is InChI=1S/C20H27N5O3/c1-14(2)20-23-22-17(28-20)8-9-18(26)25-11-10-24(16(13-25)19(21)27)12-15-6-4-3-5-7-15/h3-7,14,16H,8-13H2,1-2H3,(H2,21,27)/t16-/m1/s1. The molecule has 1 aromatic carbocycles. The van der Waals surface area contributed by atoms with Crippen LogP contribution in [0.3, 0.4) is 0 Å². The van der Waals surface area contributed by atoms with Gasteiger partial charge in [0.15, 0.2) is 0 Å². The van der Waals surface area contributed by atoms with E-state index in [4.69, 9.17) is 10.2 Å². The lowest BCUT2D eigenvalue weighted by atomic mass is 10.1. The van der Waals surface area contributed by atoms with Crippen molar-refractivity contribution < 1.29 is 14.0 Å². The molecule has 8 nitrogen and oxygen atoms in total. The smallest absolute Gasteiger partial charge is 0.236 e. The van der Waals surface area contributed by atoms with Gasteiger partial charge in [0.2, 0.25) is 23.6 Å². The van der Waals surface area contributed by atoms with Crippen LogP contribution in [0.15, 0.2) is 34.7 Å². The molecule has 150 valence electrons. The number of nitrogens with two attached hydrogens (primary N) is 1. The van der Waals surface area contributed by atoms with E-state index in [2.05, 4.69) is 10.2 Å². The molecule has 2 N–H and O–H groups in total. The second kappa shape index (κ2) is 8.97. The van der Waals surface area contributed by atoms with E-state index in [0.717, 1.165) is 5.56 Å². The van der Waals surface area contributed by atoms with Crippen molar-refractivity contribution in [2.24, 2.45) is 5.73 Å². The zero-order chi connectivity index (χ0) is 20.1. The third-order valence-electron chi connectivity index (χ3n) is 4.93. The van der Waals surface area contributed by atoms with Crippen LogP contribution < -0.4 is 5.73 Å². The van der Waals surface area contributed by atoms with Crippen molar-refractivity contribution in [3.05, 3.63) is 47.7 Å². The fourth-order valence-electron chi connectivity index (χ4n) is 3.30. The molecular weight excluding hydrogens is 358 g/mol. The quantitative estimate of drug-likeness (QED) is 0.771. The molecule has 0 saturated carbocycles. The van der Waals surface area contributed by atoms with Crippen LogP contribution >= 0.6 is 0 Å². The van der Waals surface area contributed by atoms with Gasteiger partial charge in [-0.1, -0.05) is 44.2 Å². The van der Waals surface area contributed by atoms with Gasteiger partial charge in [-0.05, 0) is 5.56 Å². The molecule has 0 spiro atoms.